The topological polar surface area (TPSA) is 50.7 Å². The molecule has 1 aromatic rings. The Bertz CT molecular complexity index is 311. The van der Waals surface area contributed by atoms with E-state index < -0.39 is 0 Å². The summed E-state index contributed by atoms with van der Waals surface area (Å²) in [4.78, 5) is 0.875. The van der Waals surface area contributed by atoms with E-state index in [1.165, 1.54) is 0 Å². The molecule has 0 radical (unpaired) electrons. The third-order valence-electron chi connectivity index (χ3n) is 1.75. The highest BCUT2D eigenvalue weighted by atomic mass is 35.5. The van der Waals surface area contributed by atoms with Crippen molar-refractivity contribution in [1.82, 2.24) is 0 Å². The summed E-state index contributed by atoms with van der Waals surface area (Å²) in [6, 6.07) is 5.74. The maximum absolute atomic E-state index is 8.02. The molecule has 0 aliphatic carbocycles. The van der Waals surface area contributed by atoms with Gasteiger partial charge in [-0.15, -0.1) is 15.9 Å². The normalized spacial score (nSPS) is 10.3. The van der Waals surface area contributed by atoms with Gasteiger partial charge in [-0.3, -0.25) is 0 Å². The lowest BCUT2D eigenvalue weighted by Crippen LogP contribution is -2.02. The zero-order valence-electron chi connectivity index (χ0n) is 8.20. The quantitative estimate of drug-likeness (QED) is 0.351. The molecule has 0 bridgehead atoms. The van der Waals surface area contributed by atoms with Crippen molar-refractivity contribution in [2.45, 2.75) is 11.8 Å². The molecule has 6 heteroatoms. The van der Waals surface area contributed by atoms with E-state index >= 15 is 0 Å². The minimum absolute atomic E-state index is 0.566. The van der Waals surface area contributed by atoms with Gasteiger partial charge in [-0.25, -0.2) is 5.26 Å². The molecule has 0 aromatic heterocycles. The highest BCUT2D eigenvalue weighted by Gasteiger charge is 2.02. The third-order valence-corrected chi connectivity index (χ3v) is 2.71. The zero-order chi connectivity index (χ0) is 11.1. The highest BCUT2D eigenvalue weighted by molar-refractivity contribution is 7.94. The molecule has 4 nitrogen and oxygen atoms in total. The summed E-state index contributed by atoms with van der Waals surface area (Å²) in [7, 11) is 0. The van der Waals surface area contributed by atoms with Crippen LogP contribution in [0.25, 0.3) is 0 Å². The second-order valence-corrected chi connectivity index (χ2v) is 3.94. The summed E-state index contributed by atoms with van der Waals surface area (Å²) in [6.45, 7) is 2.67. The van der Waals surface area contributed by atoms with Crippen molar-refractivity contribution >= 4 is 29.3 Å². The van der Waals surface area contributed by atoms with Gasteiger partial charge in [0, 0.05) is 23.0 Å². The van der Waals surface area contributed by atoms with Gasteiger partial charge in [0.15, 0.2) is 0 Å². The van der Waals surface area contributed by atoms with Crippen LogP contribution in [0.4, 0.5) is 5.69 Å². The third kappa shape index (κ3) is 4.27. The Labute approximate surface area is 97.6 Å². The molecule has 0 saturated heterocycles. The van der Waals surface area contributed by atoms with Crippen LogP contribution < -0.4 is 5.32 Å². The first kappa shape index (κ1) is 12.6. The molecule has 84 valence electrons. The van der Waals surface area contributed by atoms with E-state index in [1.807, 2.05) is 25.1 Å². The van der Waals surface area contributed by atoms with Crippen molar-refractivity contribution in [2.24, 2.45) is 0 Å². The molecule has 0 unspecified atom stereocenters. The van der Waals surface area contributed by atoms with Crippen molar-refractivity contribution in [3.05, 3.63) is 23.8 Å². The van der Waals surface area contributed by atoms with Gasteiger partial charge in [0.1, 0.15) is 0 Å². The van der Waals surface area contributed by atoms with Gasteiger partial charge in [-0.05, 0) is 30.7 Å². The first-order valence-electron chi connectivity index (χ1n) is 4.33. The van der Waals surface area contributed by atoms with E-state index in [4.69, 9.17) is 16.9 Å². The van der Waals surface area contributed by atoms with E-state index in [1.54, 1.807) is 0 Å². The molecule has 1 rings (SSSR count). The number of halogens is 1. The summed E-state index contributed by atoms with van der Waals surface area (Å²) in [5, 5.41) is 14.7. The molecular formula is C9H12ClNO3S. The minimum Gasteiger partial charge on any atom is -0.384 e. The standard InChI is InChI=1S/C9H12ClNO3S/c1-7-6-8(11-5-4-10)2-3-9(7)15-14-13-12/h2-3,6,11-12H,4-5H2,1H3. The first-order chi connectivity index (χ1) is 7.27. The largest absolute Gasteiger partial charge is 0.384 e. The van der Waals surface area contributed by atoms with Gasteiger partial charge in [0.2, 0.25) is 0 Å². The van der Waals surface area contributed by atoms with Crippen LogP contribution in [-0.4, -0.2) is 17.7 Å². The average molecular weight is 250 g/mol. The van der Waals surface area contributed by atoms with Gasteiger partial charge in [0.05, 0.1) is 12.0 Å². The van der Waals surface area contributed by atoms with Crippen LogP contribution in [0.2, 0.25) is 0 Å². The van der Waals surface area contributed by atoms with Gasteiger partial charge >= 0.3 is 0 Å². The molecule has 0 aliphatic rings. The minimum atomic E-state index is 0.566. The molecule has 2 N–H and O–H groups in total. The smallest absolute Gasteiger partial charge is 0.0717 e. The van der Waals surface area contributed by atoms with E-state index in [0.29, 0.717) is 5.88 Å². The molecule has 0 heterocycles. The van der Waals surface area contributed by atoms with E-state index in [-0.39, 0.29) is 0 Å². The highest BCUT2D eigenvalue weighted by Crippen LogP contribution is 2.25. The van der Waals surface area contributed by atoms with Crippen LogP contribution >= 0.6 is 23.6 Å². The van der Waals surface area contributed by atoms with E-state index in [9.17, 15) is 0 Å². The maximum atomic E-state index is 8.02. The maximum Gasteiger partial charge on any atom is 0.0717 e. The summed E-state index contributed by atoms with van der Waals surface area (Å²) in [6.07, 6.45) is 0. The van der Waals surface area contributed by atoms with Crippen molar-refractivity contribution < 1.29 is 14.6 Å². The lowest BCUT2D eigenvalue weighted by Gasteiger charge is -2.07. The van der Waals surface area contributed by atoms with Crippen LogP contribution in [0.5, 0.6) is 0 Å². The number of aryl methyl sites for hydroxylation is 1. The van der Waals surface area contributed by atoms with E-state index in [0.717, 1.165) is 34.7 Å². The van der Waals surface area contributed by atoms with Crippen molar-refractivity contribution in [3.8, 4) is 0 Å². The lowest BCUT2D eigenvalue weighted by molar-refractivity contribution is -0.432. The fourth-order valence-corrected chi connectivity index (χ4v) is 1.61. The molecule has 0 saturated carbocycles. The Hall–Kier alpha value is -0.460. The molecule has 0 atom stereocenters. The van der Waals surface area contributed by atoms with Crippen molar-refractivity contribution in [2.75, 3.05) is 17.7 Å². The first-order valence-corrected chi connectivity index (χ1v) is 5.60. The number of rotatable bonds is 6. The van der Waals surface area contributed by atoms with E-state index in [2.05, 4.69) is 14.7 Å². The Kier molecular flexibility index (Phi) is 5.82. The second-order valence-electron chi connectivity index (χ2n) is 2.82. The fraction of sp³-hybridized carbons (Fsp3) is 0.333. The summed E-state index contributed by atoms with van der Waals surface area (Å²) in [5.74, 6) is 0.566. The van der Waals surface area contributed by atoms with Gasteiger partial charge < -0.3 is 5.32 Å². The van der Waals surface area contributed by atoms with Crippen molar-refractivity contribution in [3.63, 3.8) is 0 Å². The number of hydrogen-bond donors (Lipinski definition) is 2. The number of nitrogens with one attached hydrogen (secondary N) is 1. The number of benzene rings is 1. The van der Waals surface area contributed by atoms with Gasteiger partial charge in [-0.2, -0.15) is 0 Å². The number of alkyl halides is 1. The van der Waals surface area contributed by atoms with Gasteiger partial charge in [0.25, 0.3) is 0 Å². The Balaban J connectivity index is 2.61. The number of hydrogen-bond acceptors (Lipinski definition) is 5. The molecule has 0 fully saturated rings. The Morgan fingerprint density at radius 1 is 1.53 bits per heavy atom. The molecule has 0 spiro atoms. The number of anilines is 1. The van der Waals surface area contributed by atoms with Crippen LogP contribution in [0, 0.1) is 6.92 Å². The Morgan fingerprint density at radius 2 is 2.33 bits per heavy atom. The summed E-state index contributed by atoms with van der Waals surface area (Å²) in [5.41, 5.74) is 2.03. The van der Waals surface area contributed by atoms with Crippen LogP contribution in [0.1, 0.15) is 5.56 Å². The zero-order valence-corrected chi connectivity index (χ0v) is 9.77. The molecule has 0 amide bonds. The van der Waals surface area contributed by atoms with Crippen LogP contribution in [0.3, 0.4) is 0 Å². The van der Waals surface area contributed by atoms with Crippen LogP contribution in [-0.2, 0) is 9.37 Å². The molecule has 0 aliphatic heterocycles. The SMILES string of the molecule is Cc1cc(NCCCl)ccc1SOOO. The second kappa shape index (κ2) is 6.92. The van der Waals surface area contributed by atoms with Crippen LogP contribution in [0.15, 0.2) is 23.1 Å². The summed E-state index contributed by atoms with van der Waals surface area (Å²) < 4.78 is 4.35. The predicted octanol–water partition coefficient (Wildman–Crippen LogP) is 3.07. The molecule has 1 aromatic carbocycles. The van der Waals surface area contributed by atoms with Crippen molar-refractivity contribution in [1.29, 1.82) is 0 Å². The summed E-state index contributed by atoms with van der Waals surface area (Å²) >= 11 is 6.51. The molecular weight excluding hydrogens is 238 g/mol. The monoisotopic (exact) mass is 249 g/mol. The fourth-order valence-electron chi connectivity index (χ4n) is 1.10. The Morgan fingerprint density at radius 3 is 2.93 bits per heavy atom. The molecule has 15 heavy (non-hydrogen) atoms. The van der Waals surface area contributed by atoms with Gasteiger partial charge in [-0.1, -0.05) is 5.04 Å². The average Bonchev–Trinajstić information content (AvgIpc) is 2.25. The lowest BCUT2D eigenvalue weighted by atomic mass is 10.2. The predicted molar refractivity (Wildman–Crippen MR) is 61.0 cm³/mol.